The molecule has 0 radical (unpaired) electrons. The predicted molar refractivity (Wildman–Crippen MR) is 117 cm³/mol. The Bertz CT molecular complexity index is 918. The van der Waals surface area contributed by atoms with E-state index in [1.807, 2.05) is 24.3 Å². The molecule has 0 aliphatic carbocycles. The van der Waals surface area contributed by atoms with Crippen molar-refractivity contribution in [2.75, 3.05) is 31.1 Å². The lowest BCUT2D eigenvalue weighted by molar-refractivity contribution is 0.0954. The van der Waals surface area contributed by atoms with Crippen molar-refractivity contribution in [3.05, 3.63) is 64.7 Å². The fraction of sp³-hybridized carbons (Fsp3) is 0.318. The van der Waals surface area contributed by atoms with Crippen LogP contribution in [0.1, 0.15) is 28.8 Å². The first kappa shape index (κ1) is 21.5. The van der Waals surface area contributed by atoms with Gasteiger partial charge >= 0.3 is 6.03 Å². The summed E-state index contributed by atoms with van der Waals surface area (Å²) in [5.41, 5.74) is 2.15. The van der Waals surface area contributed by atoms with Crippen molar-refractivity contribution in [1.82, 2.24) is 16.0 Å². The van der Waals surface area contributed by atoms with E-state index in [1.54, 1.807) is 24.3 Å². The Labute approximate surface area is 181 Å². The van der Waals surface area contributed by atoms with Gasteiger partial charge in [0.15, 0.2) is 0 Å². The Morgan fingerprint density at radius 3 is 2.37 bits per heavy atom. The molecule has 3 rings (SSSR count). The molecule has 7 nitrogen and oxygen atoms in total. The molecule has 3 N–H and O–H groups in total. The van der Waals surface area contributed by atoms with Crippen LogP contribution in [0.5, 0.6) is 0 Å². The van der Waals surface area contributed by atoms with Gasteiger partial charge in [-0.1, -0.05) is 23.7 Å². The van der Waals surface area contributed by atoms with Gasteiger partial charge in [0.1, 0.15) is 0 Å². The van der Waals surface area contributed by atoms with Crippen LogP contribution in [0, 0.1) is 11.3 Å². The molecule has 8 heteroatoms. The maximum absolute atomic E-state index is 12.1. The second kappa shape index (κ2) is 10.5. The van der Waals surface area contributed by atoms with Gasteiger partial charge in [0.05, 0.1) is 22.2 Å². The number of rotatable bonds is 6. The summed E-state index contributed by atoms with van der Waals surface area (Å²) in [5.74, 6) is -0.266. The van der Waals surface area contributed by atoms with E-state index in [4.69, 9.17) is 16.9 Å². The number of urea groups is 1. The highest BCUT2D eigenvalue weighted by atomic mass is 35.5. The third kappa shape index (κ3) is 5.88. The molecule has 0 spiro atoms. The largest absolute Gasteiger partial charge is 0.371 e. The summed E-state index contributed by atoms with van der Waals surface area (Å²) in [7, 11) is 0. The Balaban J connectivity index is 1.33. The van der Waals surface area contributed by atoms with Gasteiger partial charge in [-0.15, -0.1) is 0 Å². The van der Waals surface area contributed by atoms with Crippen LogP contribution >= 0.6 is 11.6 Å². The number of nitrogens with zero attached hydrogens (tertiary/aromatic N) is 2. The van der Waals surface area contributed by atoms with E-state index in [9.17, 15) is 9.59 Å². The lowest BCUT2D eigenvalue weighted by atomic mass is 10.0. The zero-order chi connectivity index (χ0) is 21.3. The van der Waals surface area contributed by atoms with Gasteiger partial charge in [-0.3, -0.25) is 4.79 Å². The highest BCUT2D eigenvalue weighted by molar-refractivity contribution is 6.33. The van der Waals surface area contributed by atoms with Gasteiger partial charge in [-0.25, -0.2) is 4.79 Å². The van der Waals surface area contributed by atoms with Crippen LogP contribution in [0.15, 0.2) is 48.5 Å². The third-order valence-electron chi connectivity index (χ3n) is 5.01. The highest BCUT2D eigenvalue weighted by Gasteiger charge is 2.20. The quantitative estimate of drug-likeness (QED) is 0.620. The van der Waals surface area contributed by atoms with E-state index < -0.39 is 0 Å². The fourth-order valence-corrected chi connectivity index (χ4v) is 3.58. The number of hydrogen-bond donors (Lipinski definition) is 3. The summed E-state index contributed by atoms with van der Waals surface area (Å²) in [4.78, 5) is 26.4. The van der Waals surface area contributed by atoms with Gasteiger partial charge in [-0.05, 0) is 49.2 Å². The van der Waals surface area contributed by atoms with Gasteiger partial charge in [0.25, 0.3) is 5.91 Å². The maximum Gasteiger partial charge on any atom is 0.315 e. The van der Waals surface area contributed by atoms with E-state index in [1.165, 1.54) is 0 Å². The fourth-order valence-electron chi connectivity index (χ4n) is 3.36. The number of amides is 3. The van der Waals surface area contributed by atoms with Crippen LogP contribution in [0.2, 0.25) is 5.02 Å². The summed E-state index contributed by atoms with van der Waals surface area (Å²) in [6.07, 6.45) is 1.69. The van der Waals surface area contributed by atoms with Crippen molar-refractivity contribution in [3.8, 4) is 6.07 Å². The lowest BCUT2D eigenvalue weighted by Gasteiger charge is -2.34. The molecule has 30 heavy (non-hydrogen) atoms. The molecule has 0 saturated carbocycles. The van der Waals surface area contributed by atoms with Crippen LogP contribution in [-0.2, 0) is 0 Å². The SMILES string of the molecule is N#Cc1ccc(N2CCC(NC(=O)NCCNC(=O)c3ccccc3Cl)CC2)cc1. The average Bonchev–Trinajstić information content (AvgIpc) is 2.77. The minimum Gasteiger partial charge on any atom is -0.371 e. The van der Waals surface area contributed by atoms with Crippen molar-refractivity contribution in [1.29, 1.82) is 5.26 Å². The zero-order valence-electron chi connectivity index (χ0n) is 16.5. The summed E-state index contributed by atoms with van der Waals surface area (Å²) >= 11 is 6.00. The van der Waals surface area contributed by atoms with Gasteiger partial charge in [-0.2, -0.15) is 5.26 Å². The Morgan fingerprint density at radius 2 is 1.70 bits per heavy atom. The Morgan fingerprint density at radius 1 is 1.03 bits per heavy atom. The molecule has 1 heterocycles. The standard InChI is InChI=1S/C22H24ClN5O2/c23-20-4-2-1-3-19(20)21(29)25-11-12-26-22(30)27-17-9-13-28(14-10-17)18-7-5-16(15-24)6-8-18/h1-8,17H,9-14H2,(H,25,29)(H2,26,27,30). The molecule has 1 aliphatic heterocycles. The molecule has 1 aliphatic rings. The van der Waals surface area contributed by atoms with E-state index in [-0.39, 0.29) is 18.0 Å². The zero-order valence-corrected chi connectivity index (χ0v) is 17.3. The van der Waals surface area contributed by atoms with Crippen LogP contribution in [0.4, 0.5) is 10.5 Å². The van der Waals surface area contributed by atoms with Crippen molar-refractivity contribution < 1.29 is 9.59 Å². The molecule has 0 atom stereocenters. The normalized spacial score (nSPS) is 13.9. The minimum absolute atomic E-state index is 0.109. The van der Waals surface area contributed by atoms with Crippen molar-refractivity contribution in [3.63, 3.8) is 0 Å². The number of hydrogen-bond acceptors (Lipinski definition) is 4. The van der Waals surface area contributed by atoms with Crippen LogP contribution in [0.25, 0.3) is 0 Å². The molecule has 156 valence electrons. The molecular weight excluding hydrogens is 402 g/mol. The Hall–Kier alpha value is -3.24. The van der Waals surface area contributed by atoms with E-state index >= 15 is 0 Å². The molecule has 1 fully saturated rings. The first-order valence-corrected chi connectivity index (χ1v) is 10.3. The Kier molecular flexibility index (Phi) is 7.52. The van der Waals surface area contributed by atoms with Crippen LogP contribution in [-0.4, -0.2) is 44.2 Å². The number of halogens is 1. The van der Waals surface area contributed by atoms with Gasteiger partial charge in [0, 0.05) is 37.9 Å². The van der Waals surface area contributed by atoms with E-state index in [0.29, 0.717) is 29.2 Å². The average molecular weight is 426 g/mol. The van der Waals surface area contributed by atoms with Crippen molar-refractivity contribution in [2.45, 2.75) is 18.9 Å². The maximum atomic E-state index is 12.1. The highest BCUT2D eigenvalue weighted by Crippen LogP contribution is 2.20. The minimum atomic E-state index is -0.266. The topological polar surface area (TPSA) is 97.3 Å². The third-order valence-corrected chi connectivity index (χ3v) is 5.34. The molecule has 0 unspecified atom stereocenters. The van der Waals surface area contributed by atoms with E-state index in [0.717, 1.165) is 31.6 Å². The lowest BCUT2D eigenvalue weighted by Crippen LogP contribution is -2.49. The molecule has 2 aromatic carbocycles. The summed E-state index contributed by atoms with van der Waals surface area (Å²) in [5, 5.41) is 17.8. The number of carbonyl (C=O) groups excluding carboxylic acids is 2. The van der Waals surface area contributed by atoms with Crippen molar-refractivity contribution >= 4 is 29.2 Å². The number of anilines is 1. The van der Waals surface area contributed by atoms with Gasteiger partial charge < -0.3 is 20.9 Å². The molecule has 0 aromatic heterocycles. The smallest absolute Gasteiger partial charge is 0.315 e. The van der Waals surface area contributed by atoms with E-state index in [2.05, 4.69) is 26.9 Å². The first-order chi connectivity index (χ1) is 14.6. The monoisotopic (exact) mass is 425 g/mol. The molecular formula is C22H24ClN5O2. The van der Waals surface area contributed by atoms with Crippen LogP contribution < -0.4 is 20.9 Å². The molecule has 0 bridgehead atoms. The number of nitriles is 1. The predicted octanol–water partition coefficient (Wildman–Crippen LogP) is 2.91. The second-order valence-corrected chi connectivity index (χ2v) is 7.46. The second-order valence-electron chi connectivity index (χ2n) is 7.06. The number of carbonyl (C=O) groups is 2. The summed E-state index contributed by atoms with van der Waals surface area (Å²) < 4.78 is 0. The number of piperidine rings is 1. The number of benzene rings is 2. The number of nitrogens with one attached hydrogen (secondary N) is 3. The molecule has 2 aromatic rings. The van der Waals surface area contributed by atoms with Gasteiger partial charge in [0.2, 0.25) is 0 Å². The molecule has 3 amide bonds. The first-order valence-electron chi connectivity index (χ1n) is 9.89. The van der Waals surface area contributed by atoms with Crippen molar-refractivity contribution in [2.24, 2.45) is 0 Å². The summed E-state index contributed by atoms with van der Waals surface area (Å²) in [6, 6.07) is 16.4. The summed E-state index contributed by atoms with van der Waals surface area (Å²) in [6.45, 7) is 2.32. The van der Waals surface area contributed by atoms with Crippen LogP contribution in [0.3, 0.4) is 0 Å². The molecule has 1 saturated heterocycles.